The van der Waals surface area contributed by atoms with Crippen LogP contribution in [0.15, 0.2) is 30.3 Å². The summed E-state index contributed by atoms with van der Waals surface area (Å²) in [5.41, 5.74) is 0.801. The Morgan fingerprint density at radius 1 is 1.44 bits per heavy atom. The molecule has 1 atom stereocenters. The van der Waals surface area contributed by atoms with Gasteiger partial charge in [-0.3, -0.25) is 9.69 Å². The monoisotopic (exact) mass is 253 g/mol. The van der Waals surface area contributed by atoms with Crippen molar-refractivity contribution >= 4 is 34.2 Å². The molecule has 0 aromatic heterocycles. The molecule has 84 valence electrons. The minimum absolute atomic E-state index is 0.0232. The van der Waals surface area contributed by atoms with Gasteiger partial charge in [0.05, 0.1) is 18.4 Å². The summed E-state index contributed by atoms with van der Waals surface area (Å²) in [7, 11) is 0. The zero-order valence-electron chi connectivity index (χ0n) is 8.50. The van der Waals surface area contributed by atoms with Crippen LogP contribution in [0.5, 0.6) is 0 Å². The SMILES string of the molecule is O=C1CSC(=S)N1CC(O)c1ccccc1. The smallest absolute Gasteiger partial charge is 0.238 e. The molecule has 0 saturated carbocycles. The predicted molar refractivity (Wildman–Crippen MR) is 68.2 cm³/mol. The molecule has 5 heteroatoms. The first-order chi connectivity index (χ1) is 7.68. The molecule has 1 saturated heterocycles. The lowest BCUT2D eigenvalue weighted by molar-refractivity contribution is -0.125. The van der Waals surface area contributed by atoms with Gasteiger partial charge in [-0.1, -0.05) is 54.3 Å². The number of amides is 1. The highest BCUT2D eigenvalue weighted by Gasteiger charge is 2.28. The maximum atomic E-state index is 11.5. The molecule has 1 aliphatic rings. The van der Waals surface area contributed by atoms with Crippen molar-refractivity contribution in [1.82, 2.24) is 4.90 Å². The topological polar surface area (TPSA) is 40.5 Å². The number of hydrogen-bond acceptors (Lipinski definition) is 4. The van der Waals surface area contributed by atoms with Crippen LogP contribution >= 0.6 is 24.0 Å². The van der Waals surface area contributed by atoms with Gasteiger partial charge in [-0.05, 0) is 5.56 Å². The number of carbonyl (C=O) groups excluding carboxylic acids is 1. The summed E-state index contributed by atoms with van der Waals surface area (Å²) in [4.78, 5) is 12.9. The minimum atomic E-state index is -0.679. The Labute approximate surface area is 103 Å². The second-order valence-corrected chi connectivity index (χ2v) is 5.09. The van der Waals surface area contributed by atoms with Crippen LogP contribution in [0.1, 0.15) is 11.7 Å². The van der Waals surface area contributed by atoms with E-state index in [0.717, 1.165) is 5.56 Å². The Morgan fingerprint density at radius 3 is 2.69 bits per heavy atom. The molecular formula is C11H11NO2S2. The highest BCUT2D eigenvalue weighted by molar-refractivity contribution is 8.23. The number of β-amino-alcohol motifs (C(OH)–C–C–N with tert-alkyl or cyclic N) is 1. The van der Waals surface area contributed by atoms with Crippen molar-refractivity contribution in [1.29, 1.82) is 0 Å². The number of thioether (sulfide) groups is 1. The first-order valence-electron chi connectivity index (χ1n) is 4.88. The van der Waals surface area contributed by atoms with Gasteiger partial charge in [-0.25, -0.2) is 0 Å². The molecule has 16 heavy (non-hydrogen) atoms. The third kappa shape index (κ3) is 2.42. The summed E-state index contributed by atoms with van der Waals surface area (Å²) < 4.78 is 0.556. The van der Waals surface area contributed by atoms with Crippen molar-refractivity contribution in [2.24, 2.45) is 0 Å². The maximum Gasteiger partial charge on any atom is 0.238 e. The largest absolute Gasteiger partial charge is 0.387 e. The summed E-state index contributed by atoms with van der Waals surface area (Å²) in [6, 6.07) is 9.27. The molecule has 1 aromatic carbocycles. The lowest BCUT2D eigenvalue weighted by atomic mass is 10.1. The second kappa shape index (κ2) is 4.95. The van der Waals surface area contributed by atoms with Crippen LogP contribution in [0.2, 0.25) is 0 Å². The Bertz CT molecular complexity index is 392. The fourth-order valence-corrected chi connectivity index (χ4v) is 2.60. The molecule has 1 fully saturated rings. The fourth-order valence-electron chi connectivity index (χ4n) is 1.51. The van der Waals surface area contributed by atoms with E-state index >= 15 is 0 Å². The third-order valence-corrected chi connectivity index (χ3v) is 3.81. The van der Waals surface area contributed by atoms with Gasteiger partial charge < -0.3 is 5.11 Å². The number of aliphatic hydroxyl groups excluding tert-OH is 1. The molecule has 1 heterocycles. The first kappa shape index (κ1) is 11.6. The molecule has 0 spiro atoms. The van der Waals surface area contributed by atoms with Crippen LogP contribution in [0.25, 0.3) is 0 Å². The Balaban J connectivity index is 2.05. The van der Waals surface area contributed by atoms with Crippen LogP contribution in [0.3, 0.4) is 0 Å². The van der Waals surface area contributed by atoms with Gasteiger partial charge in [0.25, 0.3) is 0 Å². The van der Waals surface area contributed by atoms with Crippen molar-refractivity contribution in [2.45, 2.75) is 6.10 Å². The fraction of sp³-hybridized carbons (Fsp3) is 0.273. The van der Waals surface area contributed by atoms with Gasteiger partial charge in [0.15, 0.2) is 0 Å². The predicted octanol–water partition coefficient (Wildman–Crippen LogP) is 1.58. The highest BCUT2D eigenvalue weighted by Crippen LogP contribution is 2.23. The molecule has 0 bridgehead atoms. The van der Waals surface area contributed by atoms with E-state index in [1.165, 1.54) is 16.7 Å². The quantitative estimate of drug-likeness (QED) is 0.830. The summed E-state index contributed by atoms with van der Waals surface area (Å²) in [5.74, 6) is 0.366. The number of aliphatic hydroxyl groups is 1. The van der Waals surface area contributed by atoms with E-state index in [9.17, 15) is 9.90 Å². The highest BCUT2D eigenvalue weighted by atomic mass is 32.2. The van der Waals surface area contributed by atoms with Gasteiger partial charge in [-0.15, -0.1) is 0 Å². The van der Waals surface area contributed by atoms with Gasteiger partial charge in [0.1, 0.15) is 4.32 Å². The van der Waals surface area contributed by atoms with Crippen molar-refractivity contribution in [3.8, 4) is 0 Å². The average molecular weight is 253 g/mol. The van der Waals surface area contributed by atoms with Crippen LogP contribution in [-0.2, 0) is 4.79 Å². The molecule has 1 N–H and O–H groups in total. The lowest BCUT2D eigenvalue weighted by Crippen LogP contribution is -2.32. The number of hydrogen-bond donors (Lipinski definition) is 1. The van der Waals surface area contributed by atoms with E-state index < -0.39 is 6.10 Å². The molecule has 0 radical (unpaired) electrons. The molecule has 1 aliphatic heterocycles. The molecule has 1 unspecified atom stereocenters. The summed E-state index contributed by atoms with van der Waals surface area (Å²) in [6.45, 7) is 0.245. The molecular weight excluding hydrogens is 242 g/mol. The van der Waals surface area contributed by atoms with E-state index in [1.807, 2.05) is 30.3 Å². The first-order valence-corrected chi connectivity index (χ1v) is 6.28. The second-order valence-electron chi connectivity index (χ2n) is 3.49. The van der Waals surface area contributed by atoms with E-state index in [2.05, 4.69) is 0 Å². The van der Waals surface area contributed by atoms with Crippen molar-refractivity contribution in [3.63, 3.8) is 0 Å². The Morgan fingerprint density at radius 2 is 2.12 bits per heavy atom. The number of nitrogens with zero attached hydrogens (tertiary/aromatic N) is 1. The van der Waals surface area contributed by atoms with Crippen LogP contribution in [-0.4, -0.2) is 32.5 Å². The Hall–Kier alpha value is -0.910. The average Bonchev–Trinajstić information content (AvgIpc) is 2.62. The minimum Gasteiger partial charge on any atom is -0.387 e. The van der Waals surface area contributed by atoms with Crippen LogP contribution < -0.4 is 0 Å². The number of carbonyl (C=O) groups is 1. The van der Waals surface area contributed by atoms with Gasteiger partial charge >= 0.3 is 0 Å². The molecule has 0 aliphatic carbocycles. The number of benzene rings is 1. The zero-order chi connectivity index (χ0) is 11.5. The third-order valence-electron chi connectivity index (χ3n) is 2.38. The van der Waals surface area contributed by atoms with Crippen molar-refractivity contribution < 1.29 is 9.90 Å². The van der Waals surface area contributed by atoms with E-state index in [0.29, 0.717) is 10.1 Å². The van der Waals surface area contributed by atoms with Crippen LogP contribution in [0.4, 0.5) is 0 Å². The van der Waals surface area contributed by atoms with Crippen molar-refractivity contribution in [2.75, 3.05) is 12.3 Å². The van der Waals surface area contributed by atoms with Gasteiger partial charge in [-0.2, -0.15) is 0 Å². The number of rotatable bonds is 3. The summed E-state index contributed by atoms with van der Waals surface area (Å²) in [5, 5.41) is 9.95. The summed E-state index contributed by atoms with van der Waals surface area (Å²) >= 11 is 6.39. The lowest BCUT2D eigenvalue weighted by Gasteiger charge is -2.19. The van der Waals surface area contributed by atoms with Crippen LogP contribution in [0, 0.1) is 0 Å². The standard InChI is InChI=1S/C11H11NO2S2/c13-9(8-4-2-1-3-5-8)6-12-10(14)7-16-11(12)15/h1-5,9,13H,6-7H2. The van der Waals surface area contributed by atoms with E-state index in [4.69, 9.17) is 12.2 Å². The normalized spacial score (nSPS) is 17.9. The summed E-state index contributed by atoms with van der Waals surface area (Å²) in [6.07, 6.45) is -0.679. The maximum absolute atomic E-state index is 11.5. The Kier molecular flexibility index (Phi) is 3.58. The number of thiocarbonyl (C=S) groups is 1. The van der Waals surface area contributed by atoms with Crippen molar-refractivity contribution in [3.05, 3.63) is 35.9 Å². The van der Waals surface area contributed by atoms with E-state index in [-0.39, 0.29) is 12.5 Å². The molecule has 3 nitrogen and oxygen atoms in total. The zero-order valence-corrected chi connectivity index (χ0v) is 10.1. The van der Waals surface area contributed by atoms with Gasteiger partial charge in [0, 0.05) is 0 Å². The molecule has 2 rings (SSSR count). The molecule has 1 aromatic rings. The van der Waals surface area contributed by atoms with Gasteiger partial charge in [0.2, 0.25) is 5.91 Å². The molecule has 1 amide bonds. The van der Waals surface area contributed by atoms with E-state index in [1.54, 1.807) is 0 Å².